The second-order valence-corrected chi connectivity index (χ2v) is 3.37. The van der Waals surface area contributed by atoms with Crippen LogP contribution in [0.3, 0.4) is 0 Å². The first kappa shape index (κ1) is 8.93. The first-order valence-electron chi connectivity index (χ1n) is 4.55. The molecule has 2 heterocycles. The maximum Gasteiger partial charge on any atom is 0.290 e. The molecule has 0 amide bonds. The van der Waals surface area contributed by atoms with Gasteiger partial charge in [0.15, 0.2) is 0 Å². The van der Waals surface area contributed by atoms with E-state index in [9.17, 15) is 10.1 Å². The minimum atomic E-state index is -0.401. The van der Waals surface area contributed by atoms with E-state index in [4.69, 9.17) is 0 Å². The Morgan fingerprint density at radius 3 is 2.64 bits per heavy atom. The molecule has 1 aromatic heterocycles. The van der Waals surface area contributed by atoms with Gasteiger partial charge in [0.1, 0.15) is 11.5 Å². The van der Waals surface area contributed by atoms with Gasteiger partial charge in [-0.2, -0.15) is 0 Å². The van der Waals surface area contributed by atoms with E-state index >= 15 is 0 Å². The van der Waals surface area contributed by atoms with E-state index < -0.39 is 4.92 Å². The molecule has 14 heavy (non-hydrogen) atoms. The van der Waals surface area contributed by atoms with Crippen molar-refractivity contribution in [3.63, 3.8) is 0 Å². The summed E-state index contributed by atoms with van der Waals surface area (Å²) in [7, 11) is 0. The summed E-state index contributed by atoms with van der Waals surface area (Å²) < 4.78 is 0. The van der Waals surface area contributed by atoms with Crippen molar-refractivity contribution in [3.8, 4) is 0 Å². The fraction of sp³-hybridized carbons (Fsp3) is 0.444. The number of nitro groups is 1. The van der Waals surface area contributed by atoms with Crippen LogP contribution in [0.25, 0.3) is 0 Å². The fourth-order valence-electron chi connectivity index (χ4n) is 1.45. The molecule has 1 aliphatic rings. The Bertz CT molecular complexity index is 374. The average molecular weight is 193 g/mol. The Balaban J connectivity index is 2.30. The van der Waals surface area contributed by atoms with Crippen LogP contribution in [0, 0.1) is 17.0 Å². The topological polar surface area (TPSA) is 59.3 Å². The van der Waals surface area contributed by atoms with Crippen LogP contribution in [0.15, 0.2) is 12.1 Å². The van der Waals surface area contributed by atoms with Crippen molar-refractivity contribution in [3.05, 3.63) is 27.9 Å². The number of nitrogens with zero attached hydrogens (tertiary/aromatic N) is 3. The largest absolute Gasteiger partial charge is 0.356 e. The molecule has 0 saturated carbocycles. The third-order valence-electron chi connectivity index (χ3n) is 2.42. The second-order valence-electron chi connectivity index (χ2n) is 3.37. The summed E-state index contributed by atoms with van der Waals surface area (Å²) in [5, 5.41) is 10.5. The van der Waals surface area contributed by atoms with E-state index in [1.165, 1.54) is 12.5 Å². The molecular formula is C9H11N3O2. The van der Waals surface area contributed by atoms with Gasteiger partial charge in [-0.25, -0.2) is 4.98 Å². The normalized spacial score (nSPS) is 15.1. The molecule has 1 aliphatic heterocycles. The predicted octanol–water partition coefficient (Wildman–Crippen LogP) is 1.51. The lowest BCUT2D eigenvalue weighted by molar-refractivity contribution is -0.385. The van der Waals surface area contributed by atoms with Crippen LogP contribution in [0.1, 0.15) is 12.1 Å². The van der Waals surface area contributed by atoms with E-state index in [-0.39, 0.29) is 5.69 Å². The zero-order chi connectivity index (χ0) is 10.1. The van der Waals surface area contributed by atoms with Crippen LogP contribution in [-0.4, -0.2) is 23.0 Å². The lowest BCUT2D eigenvalue weighted by Crippen LogP contribution is -2.37. The highest BCUT2D eigenvalue weighted by Gasteiger charge is 2.18. The number of aromatic nitrogens is 1. The van der Waals surface area contributed by atoms with Gasteiger partial charge in [-0.3, -0.25) is 10.1 Å². The van der Waals surface area contributed by atoms with Gasteiger partial charge < -0.3 is 4.90 Å². The molecule has 1 saturated heterocycles. The first-order valence-corrected chi connectivity index (χ1v) is 4.55. The number of pyridine rings is 1. The Kier molecular flexibility index (Phi) is 2.07. The zero-order valence-electron chi connectivity index (χ0n) is 7.93. The summed E-state index contributed by atoms with van der Waals surface area (Å²) in [5.41, 5.74) is 0.577. The molecule has 1 aromatic rings. The van der Waals surface area contributed by atoms with Gasteiger partial charge in [0.2, 0.25) is 0 Å². The van der Waals surface area contributed by atoms with Crippen molar-refractivity contribution in [2.45, 2.75) is 13.3 Å². The molecule has 0 spiro atoms. The van der Waals surface area contributed by atoms with Crippen molar-refractivity contribution >= 4 is 11.5 Å². The van der Waals surface area contributed by atoms with Crippen molar-refractivity contribution in [2.75, 3.05) is 18.0 Å². The number of hydrogen-bond donors (Lipinski definition) is 0. The first-order chi connectivity index (χ1) is 6.68. The van der Waals surface area contributed by atoms with Gasteiger partial charge in [0.25, 0.3) is 5.69 Å². The Morgan fingerprint density at radius 2 is 2.21 bits per heavy atom. The maximum atomic E-state index is 10.5. The van der Waals surface area contributed by atoms with Gasteiger partial charge in [0.05, 0.1) is 4.92 Å². The lowest BCUT2D eigenvalue weighted by Gasteiger charge is -2.31. The Hall–Kier alpha value is -1.65. The van der Waals surface area contributed by atoms with Gasteiger partial charge in [-0.05, 0) is 19.4 Å². The third-order valence-corrected chi connectivity index (χ3v) is 2.42. The van der Waals surface area contributed by atoms with E-state index in [0.717, 1.165) is 18.9 Å². The van der Waals surface area contributed by atoms with Crippen molar-refractivity contribution in [1.29, 1.82) is 0 Å². The van der Waals surface area contributed by atoms with Crippen LogP contribution >= 0.6 is 0 Å². The lowest BCUT2D eigenvalue weighted by atomic mass is 10.2. The molecule has 74 valence electrons. The summed E-state index contributed by atoms with van der Waals surface area (Å²) >= 11 is 0. The number of rotatable bonds is 2. The third kappa shape index (κ3) is 1.41. The van der Waals surface area contributed by atoms with E-state index in [2.05, 4.69) is 9.88 Å². The number of hydrogen-bond acceptors (Lipinski definition) is 4. The highest BCUT2D eigenvalue weighted by Crippen LogP contribution is 2.23. The molecule has 0 aromatic carbocycles. The highest BCUT2D eigenvalue weighted by molar-refractivity contribution is 5.47. The number of anilines is 1. The van der Waals surface area contributed by atoms with Crippen LogP contribution < -0.4 is 4.90 Å². The molecule has 0 radical (unpaired) electrons. The molecule has 5 nitrogen and oxygen atoms in total. The smallest absolute Gasteiger partial charge is 0.290 e. The summed E-state index contributed by atoms with van der Waals surface area (Å²) in [4.78, 5) is 16.4. The predicted molar refractivity (Wildman–Crippen MR) is 52.5 cm³/mol. The summed E-state index contributed by atoms with van der Waals surface area (Å²) in [6.07, 6.45) is 1.18. The van der Waals surface area contributed by atoms with E-state index in [1.54, 1.807) is 13.0 Å². The highest BCUT2D eigenvalue weighted by atomic mass is 16.6. The van der Waals surface area contributed by atoms with Crippen molar-refractivity contribution in [1.82, 2.24) is 4.98 Å². The SMILES string of the molecule is Cc1nc(N2CCC2)ccc1[N+](=O)[O-]. The minimum absolute atomic E-state index is 0.0919. The molecule has 0 bridgehead atoms. The standard InChI is InChI=1S/C9H11N3O2/c1-7-8(12(13)14)3-4-9(10-7)11-5-2-6-11/h3-4H,2,5-6H2,1H3. The Morgan fingerprint density at radius 1 is 1.50 bits per heavy atom. The van der Waals surface area contributed by atoms with Crippen LogP contribution in [0.5, 0.6) is 0 Å². The second kappa shape index (κ2) is 3.25. The van der Waals surface area contributed by atoms with Crippen molar-refractivity contribution < 1.29 is 4.92 Å². The maximum absolute atomic E-state index is 10.5. The van der Waals surface area contributed by atoms with Crippen LogP contribution in [0.4, 0.5) is 11.5 Å². The van der Waals surface area contributed by atoms with Crippen LogP contribution in [-0.2, 0) is 0 Å². The molecule has 0 N–H and O–H groups in total. The zero-order valence-corrected chi connectivity index (χ0v) is 7.93. The fourth-order valence-corrected chi connectivity index (χ4v) is 1.45. The monoisotopic (exact) mass is 193 g/mol. The van der Waals surface area contributed by atoms with Crippen molar-refractivity contribution in [2.24, 2.45) is 0 Å². The molecule has 5 heteroatoms. The molecular weight excluding hydrogens is 182 g/mol. The molecule has 0 aliphatic carbocycles. The van der Waals surface area contributed by atoms with E-state index in [0.29, 0.717) is 5.69 Å². The Labute approximate surface area is 81.5 Å². The quantitative estimate of drug-likeness (QED) is 0.527. The van der Waals surface area contributed by atoms with E-state index in [1.807, 2.05) is 0 Å². The summed E-state index contributed by atoms with van der Waals surface area (Å²) in [6.45, 7) is 3.68. The summed E-state index contributed by atoms with van der Waals surface area (Å²) in [5.74, 6) is 0.847. The number of aryl methyl sites for hydroxylation is 1. The molecule has 2 rings (SSSR count). The van der Waals surface area contributed by atoms with Gasteiger partial charge in [-0.1, -0.05) is 0 Å². The van der Waals surface area contributed by atoms with Crippen LogP contribution in [0.2, 0.25) is 0 Å². The van der Waals surface area contributed by atoms with Gasteiger partial charge in [0, 0.05) is 19.2 Å². The summed E-state index contributed by atoms with van der Waals surface area (Å²) in [6, 6.07) is 3.24. The molecule has 0 unspecified atom stereocenters. The molecule has 0 atom stereocenters. The average Bonchev–Trinajstić information content (AvgIpc) is 2.00. The molecule has 1 fully saturated rings. The van der Waals surface area contributed by atoms with Gasteiger partial charge >= 0.3 is 0 Å². The minimum Gasteiger partial charge on any atom is -0.356 e. The van der Waals surface area contributed by atoms with Gasteiger partial charge in [-0.15, -0.1) is 0 Å².